The highest BCUT2D eigenvalue weighted by Gasteiger charge is 2.14. The van der Waals surface area contributed by atoms with Gasteiger partial charge in [-0.05, 0) is 40.2 Å². The fourth-order valence-corrected chi connectivity index (χ4v) is 2.55. The summed E-state index contributed by atoms with van der Waals surface area (Å²) in [4.78, 5) is 15.6. The maximum Gasteiger partial charge on any atom is 0.195 e. The number of nitrogens with one attached hydrogen (secondary N) is 1. The summed E-state index contributed by atoms with van der Waals surface area (Å²) in [6.45, 7) is 0. The van der Waals surface area contributed by atoms with Crippen molar-refractivity contribution >= 4 is 44.2 Å². The number of carbonyl (C=O) groups excluding carboxylic acids is 1. The minimum atomic E-state index is -0.0187. The summed E-state index contributed by atoms with van der Waals surface area (Å²) in [6, 6.07) is 12.9. The zero-order valence-corrected chi connectivity index (χ0v) is 12.1. The number of aromatic amines is 1. The molecule has 0 aliphatic rings. The summed E-state index contributed by atoms with van der Waals surface area (Å²) in [7, 11) is 0. The van der Waals surface area contributed by atoms with E-state index in [4.69, 9.17) is 11.6 Å². The van der Waals surface area contributed by atoms with E-state index in [-0.39, 0.29) is 5.78 Å². The Labute approximate surface area is 123 Å². The number of rotatable bonds is 2. The van der Waals surface area contributed by atoms with E-state index in [1.807, 2.05) is 24.3 Å². The van der Waals surface area contributed by atoms with Crippen molar-refractivity contribution in [2.75, 3.05) is 0 Å². The predicted octanol–water partition coefficient (Wildman–Crippen LogP) is 4.81. The van der Waals surface area contributed by atoms with Crippen LogP contribution in [0.25, 0.3) is 10.9 Å². The third-order valence-electron chi connectivity index (χ3n) is 3.02. The van der Waals surface area contributed by atoms with Crippen LogP contribution >= 0.6 is 27.5 Å². The monoisotopic (exact) mass is 333 g/mol. The van der Waals surface area contributed by atoms with Crippen LogP contribution < -0.4 is 0 Å². The molecule has 94 valence electrons. The number of hydrogen-bond acceptors (Lipinski definition) is 1. The number of carbonyl (C=O) groups is 1. The Bertz CT molecular complexity index is 779. The lowest BCUT2D eigenvalue weighted by atomic mass is 10.0. The molecule has 0 atom stereocenters. The van der Waals surface area contributed by atoms with Crippen molar-refractivity contribution in [1.29, 1.82) is 0 Å². The van der Waals surface area contributed by atoms with Gasteiger partial charge in [0.1, 0.15) is 0 Å². The maximum atomic E-state index is 12.5. The Morgan fingerprint density at radius 1 is 1.16 bits per heavy atom. The fourth-order valence-electron chi connectivity index (χ4n) is 2.05. The predicted molar refractivity (Wildman–Crippen MR) is 80.9 cm³/mol. The molecule has 0 saturated carbocycles. The number of halogens is 2. The average Bonchev–Trinajstić information content (AvgIpc) is 2.85. The van der Waals surface area contributed by atoms with Crippen LogP contribution in [0.4, 0.5) is 0 Å². The van der Waals surface area contributed by atoms with Crippen molar-refractivity contribution in [2.24, 2.45) is 0 Å². The highest BCUT2D eigenvalue weighted by atomic mass is 79.9. The Morgan fingerprint density at radius 2 is 1.95 bits per heavy atom. The van der Waals surface area contributed by atoms with E-state index in [0.29, 0.717) is 16.1 Å². The number of aromatic nitrogens is 1. The van der Waals surface area contributed by atoms with E-state index in [1.165, 1.54) is 0 Å². The minimum absolute atomic E-state index is 0.0187. The lowest BCUT2D eigenvalue weighted by Crippen LogP contribution is -2.00. The standard InChI is InChI=1S/C15H9BrClNO/c16-12-7-9(5-6-13(12)17)15(19)11-8-18-14-4-2-1-3-10(11)14/h1-8,18H. The fraction of sp³-hybridized carbons (Fsp3) is 0. The number of benzene rings is 2. The molecule has 1 N–H and O–H groups in total. The van der Waals surface area contributed by atoms with Gasteiger partial charge in [-0.25, -0.2) is 0 Å². The molecule has 0 fully saturated rings. The first-order valence-electron chi connectivity index (χ1n) is 5.72. The Hall–Kier alpha value is -1.58. The van der Waals surface area contributed by atoms with E-state index in [1.54, 1.807) is 24.4 Å². The Morgan fingerprint density at radius 3 is 2.74 bits per heavy atom. The summed E-state index contributed by atoms with van der Waals surface area (Å²) >= 11 is 9.28. The molecule has 3 aromatic rings. The van der Waals surface area contributed by atoms with Gasteiger partial charge in [-0.2, -0.15) is 0 Å². The summed E-state index contributed by atoms with van der Waals surface area (Å²) in [6.07, 6.45) is 1.75. The van der Waals surface area contributed by atoms with Crippen LogP contribution in [0.5, 0.6) is 0 Å². The normalized spacial score (nSPS) is 10.8. The SMILES string of the molecule is O=C(c1ccc(Cl)c(Br)c1)c1c[nH]c2ccccc12. The molecule has 0 saturated heterocycles. The van der Waals surface area contributed by atoms with Gasteiger partial charge in [0.2, 0.25) is 0 Å². The molecule has 0 unspecified atom stereocenters. The molecule has 3 rings (SSSR count). The molecular formula is C15H9BrClNO. The average molecular weight is 335 g/mol. The van der Waals surface area contributed by atoms with Gasteiger partial charge >= 0.3 is 0 Å². The van der Waals surface area contributed by atoms with Crippen molar-refractivity contribution in [3.63, 3.8) is 0 Å². The van der Waals surface area contributed by atoms with Crippen LogP contribution in [-0.4, -0.2) is 10.8 Å². The van der Waals surface area contributed by atoms with Crippen molar-refractivity contribution < 1.29 is 4.79 Å². The van der Waals surface area contributed by atoms with Gasteiger partial charge < -0.3 is 4.98 Å². The van der Waals surface area contributed by atoms with E-state index in [2.05, 4.69) is 20.9 Å². The first-order chi connectivity index (χ1) is 9.16. The maximum absolute atomic E-state index is 12.5. The lowest BCUT2D eigenvalue weighted by Gasteiger charge is -2.02. The van der Waals surface area contributed by atoms with Gasteiger partial charge in [0.25, 0.3) is 0 Å². The second-order valence-electron chi connectivity index (χ2n) is 4.21. The van der Waals surface area contributed by atoms with Crippen molar-refractivity contribution in [1.82, 2.24) is 4.98 Å². The number of hydrogen-bond donors (Lipinski definition) is 1. The highest BCUT2D eigenvalue weighted by molar-refractivity contribution is 9.10. The summed E-state index contributed by atoms with van der Waals surface area (Å²) in [5, 5.41) is 1.52. The zero-order chi connectivity index (χ0) is 13.4. The summed E-state index contributed by atoms with van der Waals surface area (Å²) < 4.78 is 0.722. The second-order valence-corrected chi connectivity index (χ2v) is 5.47. The van der Waals surface area contributed by atoms with Crippen LogP contribution in [0.15, 0.2) is 53.1 Å². The smallest absolute Gasteiger partial charge is 0.195 e. The summed E-state index contributed by atoms with van der Waals surface area (Å²) in [5.41, 5.74) is 2.24. The van der Waals surface area contributed by atoms with Crippen molar-refractivity contribution in [3.05, 3.63) is 69.3 Å². The molecule has 19 heavy (non-hydrogen) atoms. The molecule has 1 heterocycles. The zero-order valence-electron chi connectivity index (χ0n) is 9.78. The third-order valence-corrected chi connectivity index (χ3v) is 4.23. The van der Waals surface area contributed by atoms with Gasteiger partial charge in [0, 0.05) is 32.7 Å². The quantitative estimate of drug-likeness (QED) is 0.670. The van der Waals surface area contributed by atoms with E-state index in [9.17, 15) is 4.79 Å². The van der Waals surface area contributed by atoms with Crippen LogP contribution in [0.3, 0.4) is 0 Å². The number of para-hydroxylation sites is 1. The molecular weight excluding hydrogens is 326 g/mol. The lowest BCUT2D eigenvalue weighted by molar-refractivity contribution is 0.104. The van der Waals surface area contributed by atoms with E-state index >= 15 is 0 Å². The summed E-state index contributed by atoms with van der Waals surface area (Å²) in [5.74, 6) is -0.0187. The minimum Gasteiger partial charge on any atom is -0.360 e. The largest absolute Gasteiger partial charge is 0.360 e. The Kier molecular flexibility index (Phi) is 3.17. The van der Waals surface area contributed by atoms with Crippen molar-refractivity contribution in [2.45, 2.75) is 0 Å². The van der Waals surface area contributed by atoms with Crippen LogP contribution in [0.1, 0.15) is 15.9 Å². The Balaban J connectivity index is 2.11. The van der Waals surface area contributed by atoms with Gasteiger partial charge in [0.15, 0.2) is 5.78 Å². The van der Waals surface area contributed by atoms with Gasteiger partial charge in [-0.1, -0.05) is 29.8 Å². The molecule has 0 amide bonds. The number of ketones is 1. The van der Waals surface area contributed by atoms with Crippen LogP contribution in [0.2, 0.25) is 5.02 Å². The molecule has 4 heteroatoms. The first-order valence-corrected chi connectivity index (χ1v) is 6.90. The molecule has 2 aromatic carbocycles. The van der Waals surface area contributed by atoms with Gasteiger partial charge in [-0.15, -0.1) is 0 Å². The van der Waals surface area contributed by atoms with Crippen LogP contribution in [0, 0.1) is 0 Å². The second kappa shape index (κ2) is 4.83. The first kappa shape index (κ1) is 12.5. The number of H-pyrrole nitrogens is 1. The molecule has 0 aliphatic heterocycles. The van der Waals surface area contributed by atoms with E-state index in [0.717, 1.165) is 15.4 Å². The molecule has 0 radical (unpaired) electrons. The molecule has 2 nitrogen and oxygen atoms in total. The number of fused-ring (bicyclic) bond motifs is 1. The third kappa shape index (κ3) is 2.20. The van der Waals surface area contributed by atoms with Crippen molar-refractivity contribution in [3.8, 4) is 0 Å². The molecule has 0 bridgehead atoms. The topological polar surface area (TPSA) is 32.9 Å². The highest BCUT2D eigenvalue weighted by Crippen LogP contribution is 2.26. The van der Waals surface area contributed by atoms with Gasteiger partial charge in [-0.3, -0.25) is 4.79 Å². The van der Waals surface area contributed by atoms with Gasteiger partial charge in [0.05, 0.1) is 5.02 Å². The van der Waals surface area contributed by atoms with Crippen LogP contribution in [-0.2, 0) is 0 Å². The molecule has 0 aliphatic carbocycles. The molecule has 1 aromatic heterocycles. The molecule has 0 spiro atoms. The van der Waals surface area contributed by atoms with E-state index < -0.39 is 0 Å².